The van der Waals surface area contributed by atoms with E-state index in [0.717, 1.165) is 24.7 Å². The summed E-state index contributed by atoms with van der Waals surface area (Å²) in [5.41, 5.74) is 1.47. The Morgan fingerprint density at radius 3 is 2.76 bits per heavy atom. The predicted octanol–water partition coefficient (Wildman–Crippen LogP) is 3.14. The molecule has 2 rings (SSSR count). The SMILES string of the molecule is CCCNC(Cc1cn(C)nn1)c1ccc(F)c(F)c1Br. The van der Waals surface area contributed by atoms with Gasteiger partial charge in [0.2, 0.25) is 0 Å². The minimum absolute atomic E-state index is 0.153. The summed E-state index contributed by atoms with van der Waals surface area (Å²) in [7, 11) is 1.79. The van der Waals surface area contributed by atoms with Gasteiger partial charge in [-0.05, 0) is 40.5 Å². The molecule has 7 heteroatoms. The summed E-state index contributed by atoms with van der Waals surface area (Å²) >= 11 is 3.15. The average Bonchev–Trinajstić information content (AvgIpc) is 2.87. The van der Waals surface area contributed by atoms with Gasteiger partial charge in [-0.15, -0.1) is 5.10 Å². The Hall–Kier alpha value is -1.34. The van der Waals surface area contributed by atoms with Gasteiger partial charge in [0.15, 0.2) is 11.6 Å². The van der Waals surface area contributed by atoms with Crippen LogP contribution in [0.25, 0.3) is 0 Å². The molecule has 0 saturated carbocycles. The standard InChI is InChI=1S/C14H17BrF2N4/c1-3-6-18-12(7-9-8-21(2)20-19-9)10-4-5-11(16)14(17)13(10)15/h4-5,8,12,18H,3,6-7H2,1-2H3. The highest BCUT2D eigenvalue weighted by molar-refractivity contribution is 9.10. The second-order valence-corrected chi connectivity index (χ2v) is 5.65. The first-order valence-electron chi connectivity index (χ1n) is 6.75. The van der Waals surface area contributed by atoms with Gasteiger partial charge in [0.25, 0.3) is 0 Å². The quantitative estimate of drug-likeness (QED) is 0.806. The summed E-state index contributed by atoms with van der Waals surface area (Å²) in [5, 5.41) is 11.3. The molecule has 4 nitrogen and oxygen atoms in total. The first-order valence-corrected chi connectivity index (χ1v) is 7.54. The monoisotopic (exact) mass is 358 g/mol. The van der Waals surface area contributed by atoms with E-state index < -0.39 is 11.6 Å². The summed E-state index contributed by atoms with van der Waals surface area (Å²) in [6.45, 7) is 2.82. The summed E-state index contributed by atoms with van der Waals surface area (Å²) in [5.74, 6) is -1.73. The average molecular weight is 359 g/mol. The van der Waals surface area contributed by atoms with E-state index in [-0.39, 0.29) is 10.5 Å². The lowest BCUT2D eigenvalue weighted by Gasteiger charge is -2.19. The van der Waals surface area contributed by atoms with E-state index in [1.165, 1.54) is 0 Å². The van der Waals surface area contributed by atoms with Crippen LogP contribution in [-0.4, -0.2) is 21.5 Å². The zero-order valence-corrected chi connectivity index (χ0v) is 13.5. The van der Waals surface area contributed by atoms with Crippen molar-refractivity contribution in [2.24, 2.45) is 7.05 Å². The van der Waals surface area contributed by atoms with Gasteiger partial charge in [-0.1, -0.05) is 18.2 Å². The van der Waals surface area contributed by atoms with Crippen molar-refractivity contribution in [2.75, 3.05) is 6.54 Å². The molecule has 114 valence electrons. The molecule has 0 spiro atoms. The third kappa shape index (κ3) is 3.85. The van der Waals surface area contributed by atoms with E-state index in [1.54, 1.807) is 17.8 Å². The number of aryl methyl sites for hydroxylation is 1. The van der Waals surface area contributed by atoms with Gasteiger partial charge in [-0.2, -0.15) is 0 Å². The second-order valence-electron chi connectivity index (χ2n) is 4.86. The number of hydrogen-bond donors (Lipinski definition) is 1. The van der Waals surface area contributed by atoms with E-state index in [9.17, 15) is 8.78 Å². The van der Waals surface area contributed by atoms with Crippen LogP contribution in [0, 0.1) is 11.6 Å². The Bertz CT molecular complexity index is 615. The van der Waals surface area contributed by atoms with E-state index in [0.29, 0.717) is 12.0 Å². The van der Waals surface area contributed by atoms with Crippen LogP contribution in [0.15, 0.2) is 22.8 Å². The Morgan fingerprint density at radius 2 is 2.14 bits per heavy atom. The molecule has 0 amide bonds. The first-order chi connectivity index (χ1) is 10.0. The fourth-order valence-corrected chi connectivity index (χ4v) is 2.72. The van der Waals surface area contributed by atoms with Crippen molar-refractivity contribution in [3.63, 3.8) is 0 Å². The van der Waals surface area contributed by atoms with Crippen molar-refractivity contribution in [1.29, 1.82) is 0 Å². The molecule has 1 aromatic heterocycles. The number of halogens is 3. The maximum absolute atomic E-state index is 13.7. The van der Waals surface area contributed by atoms with Gasteiger partial charge >= 0.3 is 0 Å². The van der Waals surface area contributed by atoms with Crippen LogP contribution >= 0.6 is 15.9 Å². The van der Waals surface area contributed by atoms with Crippen LogP contribution < -0.4 is 5.32 Å². The fourth-order valence-electron chi connectivity index (χ4n) is 2.12. The highest BCUT2D eigenvalue weighted by atomic mass is 79.9. The number of benzene rings is 1. The fraction of sp³-hybridized carbons (Fsp3) is 0.429. The molecule has 0 aliphatic carbocycles. The molecule has 0 bridgehead atoms. The lowest BCUT2D eigenvalue weighted by atomic mass is 10.0. The van der Waals surface area contributed by atoms with Crippen molar-refractivity contribution < 1.29 is 8.78 Å². The normalized spacial score (nSPS) is 12.6. The highest BCUT2D eigenvalue weighted by Gasteiger charge is 2.20. The van der Waals surface area contributed by atoms with E-state index in [4.69, 9.17) is 0 Å². The van der Waals surface area contributed by atoms with Crippen molar-refractivity contribution in [3.8, 4) is 0 Å². The predicted molar refractivity (Wildman–Crippen MR) is 79.8 cm³/mol. The largest absolute Gasteiger partial charge is 0.310 e. The number of hydrogen-bond acceptors (Lipinski definition) is 3. The summed E-state index contributed by atoms with van der Waals surface area (Å²) in [6.07, 6.45) is 3.31. The van der Waals surface area contributed by atoms with Crippen LogP contribution in [0.3, 0.4) is 0 Å². The third-order valence-corrected chi connectivity index (χ3v) is 3.95. The summed E-state index contributed by atoms with van der Waals surface area (Å²) < 4.78 is 28.8. The summed E-state index contributed by atoms with van der Waals surface area (Å²) in [4.78, 5) is 0. The molecular weight excluding hydrogens is 342 g/mol. The molecule has 1 heterocycles. The molecule has 0 fully saturated rings. The zero-order valence-electron chi connectivity index (χ0n) is 11.9. The molecule has 0 aliphatic rings. The minimum Gasteiger partial charge on any atom is -0.310 e. The topological polar surface area (TPSA) is 42.7 Å². The third-order valence-electron chi connectivity index (χ3n) is 3.14. The molecule has 1 unspecified atom stereocenters. The van der Waals surface area contributed by atoms with Crippen LogP contribution in [-0.2, 0) is 13.5 Å². The molecule has 2 aromatic rings. The minimum atomic E-state index is -0.866. The first kappa shape index (κ1) is 16.0. The van der Waals surface area contributed by atoms with Gasteiger partial charge in [-0.3, -0.25) is 4.68 Å². The van der Waals surface area contributed by atoms with Gasteiger partial charge in [-0.25, -0.2) is 8.78 Å². The molecule has 0 radical (unpaired) electrons. The molecule has 0 saturated heterocycles. The molecule has 21 heavy (non-hydrogen) atoms. The Kier molecular flexibility index (Phi) is 5.41. The highest BCUT2D eigenvalue weighted by Crippen LogP contribution is 2.29. The van der Waals surface area contributed by atoms with Crippen molar-refractivity contribution in [2.45, 2.75) is 25.8 Å². The van der Waals surface area contributed by atoms with E-state index >= 15 is 0 Å². The molecule has 0 aliphatic heterocycles. The number of nitrogens with one attached hydrogen (secondary N) is 1. The zero-order chi connectivity index (χ0) is 15.4. The second kappa shape index (κ2) is 7.09. The van der Waals surface area contributed by atoms with Gasteiger partial charge in [0.1, 0.15) is 0 Å². The smallest absolute Gasteiger partial charge is 0.173 e. The van der Waals surface area contributed by atoms with Crippen LogP contribution in [0.5, 0.6) is 0 Å². The van der Waals surface area contributed by atoms with Crippen LogP contribution in [0.4, 0.5) is 8.78 Å². The van der Waals surface area contributed by atoms with Crippen molar-refractivity contribution in [3.05, 3.63) is 45.7 Å². The summed E-state index contributed by atoms with van der Waals surface area (Å²) in [6, 6.07) is 2.57. The Morgan fingerprint density at radius 1 is 1.38 bits per heavy atom. The lowest BCUT2D eigenvalue weighted by Crippen LogP contribution is -2.25. The number of aromatic nitrogens is 3. The maximum atomic E-state index is 13.7. The molecule has 1 aromatic carbocycles. The van der Waals surface area contributed by atoms with Crippen LogP contribution in [0.1, 0.15) is 30.6 Å². The van der Waals surface area contributed by atoms with Gasteiger partial charge < -0.3 is 5.32 Å². The number of rotatable bonds is 6. The lowest BCUT2D eigenvalue weighted by molar-refractivity contribution is 0.486. The maximum Gasteiger partial charge on any atom is 0.173 e. The van der Waals surface area contributed by atoms with Gasteiger partial charge in [0.05, 0.1) is 10.2 Å². The van der Waals surface area contributed by atoms with Crippen molar-refractivity contribution >= 4 is 15.9 Å². The van der Waals surface area contributed by atoms with Crippen LogP contribution in [0.2, 0.25) is 0 Å². The van der Waals surface area contributed by atoms with E-state index in [2.05, 4.69) is 31.6 Å². The van der Waals surface area contributed by atoms with E-state index in [1.807, 2.05) is 13.1 Å². The Balaban J connectivity index is 2.29. The molecule has 1 atom stereocenters. The molecule has 1 N–H and O–H groups in total. The van der Waals surface area contributed by atoms with Crippen molar-refractivity contribution in [1.82, 2.24) is 20.3 Å². The Labute approximate surface area is 130 Å². The molecular formula is C14H17BrF2N4. The van der Waals surface area contributed by atoms with Gasteiger partial charge in [0, 0.05) is 25.7 Å². The number of nitrogens with zero attached hydrogens (tertiary/aromatic N) is 3.